The van der Waals surface area contributed by atoms with Crippen LogP contribution in [-0.4, -0.2) is 52.0 Å². The molecule has 1 unspecified atom stereocenters. The number of carbonyl (C=O) groups is 2. The van der Waals surface area contributed by atoms with Crippen LogP contribution in [0.4, 0.5) is 5.95 Å². The van der Waals surface area contributed by atoms with E-state index in [4.69, 9.17) is 9.72 Å². The molecule has 30 heavy (non-hydrogen) atoms. The molecule has 9 heteroatoms. The van der Waals surface area contributed by atoms with Crippen LogP contribution in [0.3, 0.4) is 0 Å². The van der Waals surface area contributed by atoms with Gasteiger partial charge in [-0.2, -0.15) is 0 Å². The normalized spacial score (nSPS) is 23.0. The van der Waals surface area contributed by atoms with Crippen LogP contribution in [0.2, 0.25) is 0 Å². The Labute approximate surface area is 178 Å². The van der Waals surface area contributed by atoms with E-state index in [0.717, 1.165) is 42.9 Å². The topological polar surface area (TPSA) is 89.3 Å². The van der Waals surface area contributed by atoms with Crippen molar-refractivity contribution in [2.24, 2.45) is 18.9 Å². The van der Waals surface area contributed by atoms with Crippen molar-refractivity contribution in [3.63, 3.8) is 0 Å². The minimum atomic E-state index is -0.361. The van der Waals surface area contributed by atoms with Crippen molar-refractivity contribution in [3.05, 3.63) is 40.9 Å². The lowest BCUT2D eigenvalue weighted by molar-refractivity contribution is 0.0600. The molecule has 1 aliphatic heterocycles. The molecule has 2 fully saturated rings. The Morgan fingerprint density at radius 3 is 2.63 bits per heavy atom. The summed E-state index contributed by atoms with van der Waals surface area (Å²) in [5.74, 6) is 1.30. The predicted octanol–water partition coefficient (Wildman–Crippen LogP) is 2.46. The molecular formula is C21H23N5O3S. The van der Waals surface area contributed by atoms with Crippen molar-refractivity contribution in [1.29, 1.82) is 0 Å². The lowest BCUT2D eigenvalue weighted by Crippen LogP contribution is -2.53. The minimum Gasteiger partial charge on any atom is -0.465 e. The maximum atomic E-state index is 12.5. The standard InChI is InChI=1S/C21H23N5O3S/c1-25-16-6-5-12(20(28)29-2)9-15(16)23-21(25)26-10-13-3-4-14(11-26)18(13)24-19(27)17-7-8-22-30-17/h5-9,13-14,18H,3-4,10-11H2,1-2H3,(H,24,27)/t13-,14+,18?. The molecule has 3 heterocycles. The fraction of sp³-hybridized carbons (Fsp3) is 0.429. The van der Waals surface area contributed by atoms with Crippen LogP contribution in [0.5, 0.6) is 0 Å². The number of aryl methyl sites for hydroxylation is 1. The monoisotopic (exact) mass is 425 g/mol. The molecule has 1 N–H and O–H groups in total. The second-order valence-corrected chi connectivity index (χ2v) is 8.88. The van der Waals surface area contributed by atoms with Crippen LogP contribution < -0.4 is 10.2 Å². The van der Waals surface area contributed by atoms with Crippen molar-refractivity contribution in [3.8, 4) is 0 Å². The smallest absolute Gasteiger partial charge is 0.337 e. The van der Waals surface area contributed by atoms with Gasteiger partial charge in [-0.3, -0.25) is 4.79 Å². The van der Waals surface area contributed by atoms with E-state index in [1.54, 1.807) is 24.4 Å². The zero-order chi connectivity index (χ0) is 20.8. The first-order chi connectivity index (χ1) is 14.5. The second-order valence-electron chi connectivity index (χ2n) is 8.04. The maximum Gasteiger partial charge on any atom is 0.337 e. The number of imidazole rings is 1. The highest BCUT2D eigenvalue weighted by Gasteiger charge is 2.43. The third-order valence-electron chi connectivity index (χ3n) is 6.35. The predicted molar refractivity (Wildman–Crippen MR) is 114 cm³/mol. The van der Waals surface area contributed by atoms with Crippen molar-refractivity contribution in [2.75, 3.05) is 25.1 Å². The zero-order valence-corrected chi connectivity index (χ0v) is 17.7. The van der Waals surface area contributed by atoms with Gasteiger partial charge in [0.25, 0.3) is 5.91 Å². The number of benzene rings is 1. The summed E-state index contributed by atoms with van der Waals surface area (Å²) in [5, 5.41) is 3.25. The molecule has 1 saturated heterocycles. The van der Waals surface area contributed by atoms with Gasteiger partial charge in [0, 0.05) is 32.4 Å². The Balaban J connectivity index is 1.37. The fourth-order valence-corrected chi connectivity index (χ4v) is 5.39. The molecule has 156 valence electrons. The van der Waals surface area contributed by atoms with Gasteiger partial charge in [-0.1, -0.05) is 0 Å². The molecule has 1 amide bonds. The number of amides is 1. The summed E-state index contributed by atoms with van der Waals surface area (Å²) < 4.78 is 10.9. The minimum absolute atomic E-state index is 0.0223. The number of piperidine rings is 1. The number of hydrogen-bond donors (Lipinski definition) is 1. The zero-order valence-electron chi connectivity index (χ0n) is 16.9. The quantitative estimate of drug-likeness (QED) is 0.646. The van der Waals surface area contributed by atoms with E-state index in [9.17, 15) is 9.59 Å². The van der Waals surface area contributed by atoms with Crippen LogP contribution in [0.15, 0.2) is 30.5 Å². The van der Waals surface area contributed by atoms with Gasteiger partial charge in [0.2, 0.25) is 5.95 Å². The Morgan fingerprint density at radius 1 is 1.20 bits per heavy atom. The number of hydrogen-bond acceptors (Lipinski definition) is 7. The lowest BCUT2D eigenvalue weighted by atomic mass is 9.92. The summed E-state index contributed by atoms with van der Waals surface area (Å²) in [6.45, 7) is 1.70. The highest BCUT2D eigenvalue weighted by molar-refractivity contribution is 7.08. The summed E-state index contributed by atoms with van der Waals surface area (Å²) in [6.07, 6.45) is 3.87. The third-order valence-corrected chi connectivity index (χ3v) is 7.10. The number of rotatable bonds is 4. The molecule has 8 nitrogen and oxygen atoms in total. The molecule has 2 bridgehead atoms. The number of esters is 1. The van der Waals surface area contributed by atoms with E-state index in [1.165, 1.54) is 18.6 Å². The summed E-state index contributed by atoms with van der Waals surface area (Å²) in [7, 11) is 3.38. The van der Waals surface area contributed by atoms with Crippen molar-refractivity contribution in [2.45, 2.75) is 18.9 Å². The van der Waals surface area contributed by atoms with Crippen LogP contribution in [0.1, 0.15) is 32.9 Å². The molecule has 5 rings (SSSR count). The molecule has 3 atom stereocenters. The molecule has 0 spiro atoms. The number of nitrogens with one attached hydrogen (secondary N) is 1. The Kier molecular flexibility index (Phi) is 4.69. The summed E-state index contributed by atoms with van der Waals surface area (Å²) in [6, 6.07) is 7.41. The largest absolute Gasteiger partial charge is 0.465 e. The van der Waals surface area contributed by atoms with Crippen molar-refractivity contribution in [1.82, 2.24) is 19.2 Å². The molecule has 0 radical (unpaired) electrons. The number of carbonyl (C=O) groups excluding carboxylic acids is 2. The lowest BCUT2D eigenvalue weighted by Gasteiger charge is -2.38. The first-order valence-electron chi connectivity index (χ1n) is 10.1. The average Bonchev–Trinajstić information content (AvgIpc) is 3.45. The van der Waals surface area contributed by atoms with E-state index in [2.05, 4.69) is 19.2 Å². The average molecular weight is 426 g/mol. The van der Waals surface area contributed by atoms with Gasteiger partial charge in [0.05, 0.1) is 23.7 Å². The summed E-state index contributed by atoms with van der Waals surface area (Å²) >= 11 is 1.23. The van der Waals surface area contributed by atoms with E-state index >= 15 is 0 Å². The first-order valence-corrected chi connectivity index (χ1v) is 10.8. The van der Waals surface area contributed by atoms with E-state index in [-0.39, 0.29) is 17.9 Å². The van der Waals surface area contributed by atoms with Gasteiger partial charge in [-0.05, 0) is 60.5 Å². The van der Waals surface area contributed by atoms with Crippen LogP contribution in [0, 0.1) is 11.8 Å². The molecule has 1 saturated carbocycles. The van der Waals surface area contributed by atoms with E-state index < -0.39 is 0 Å². The maximum absolute atomic E-state index is 12.5. The van der Waals surface area contributed by atoms with Gasteiger partial charge in [-0.25, -0.2) is 14.2 Å². The summed E-state index contributed by atoms with van der Waals surface area (Å²) in [5.41, 5.74) is 2.26. The molecular weight excluding hydrogens is 402 g/mol. The van der Waals surface area contributed by atoms with E-state index in [0.29, 0.717) is 22.3 Å². The second kappa shape index (κ2) is 7.39. The number of aromatic nitrogens is 3. The van der Waals surface area contributed by atoms with Crippen LogP contribution >= 0.6 is 11.5 Å². The highest BCUT2D eigenvalue weighted by atomic mass is 32.1. The fourth-order valence-electron chi connectivity index (χ4n) is 4.89. The number of fused-ring (bicyclic) bond motifs is 3. The third kappa shape index (κ3) is 3.13. The molecule has 1 aliphatic carbocycles. The Hall–Kier alpha value is -2.94. The van der Waals surface area contributed by atoms with Crippen molar-refractivity contribution >= 4 is 40.4 Å². The highest BCUT2D eigenvalue weighted by Crippen LogP contribution is 2.39. The number of nitrogens with zero attached hydrogens (tertiary/aromatic N) is 4. The molecule has 1 aromatic carbocycles. The molecule has 2 aliphatic rings. The van der Waals surface area contributed by atoms with Gasteiger partial charge < -0.3 is 19.5 Å². The van der Waals surface area contributed by atoms with Crippen molar-refractivity contribution < 1.29 is 14.3 Å². The van der Waals surface area contributed by atoms with E-state index in [1.807, 2.05) is 13.1 Å². The Morgan fingerprint density at radius 2 is 1.97 bits per heavy atom. The van der Waals surface area contributed by atoms with Gasteiger partial charge in [-0.15, -0.1) is 0 Å². The van der Waals surface area contributed by atoms with Gasteiger partial charge in [0.15, 0.2) is 0 Å². The number of methoxy groups -OCH3 is 1. The Bertz CT molecular complexity index is 1100. The van der Waals surface area contributed by atoms with Gasteiger partial charge >= 0.3 is 5.97 Å². The number of anilines is 1. The number of ether oxygens (including phenoxy) is 1. The van der Waals surface area contributed by atoms with Crippen LogP contribution in [-0.2, 0) is 11.8 Å². The summed E-state index contributed by atoms with van der Waals surface area (Å²) in [4.78, 5) is 32.2. The first kappa shape index (κ1) is 19.0. The molecule has 2 aromatic heterocycles. The molecule has 3 aromatic rings. The van der Waals surface area contributed by atoms with Crippen LogP contribution in [0.25, 0.3) is 11.0 Å². The van der Waals surface area contributed by atoms with Gasteiger partial charge in [0.1, 0.15) is 4.88 Å². The SMILES string of the molecule is COC(=O)c1ccc2c(c1)nc(N1C[C@H]3CC[C@@H](C1)C3NC(=O)c1ccns1)n2C.